The molecule has 0 aliphatic carbocycles. The van der Waals surface area contributed by atoms with Crippen molar-refractivity contribution in [2.45, 2.75) is 4.90 Å². The molecule has 1 aliphatic heterocycles. The number of Topliss-reactive ketones (excluding diaryl/α,β-unsaturated/α-hetero) is 1. The SMILES string of the molecule is O=C1/C(=C\c2ccc(-c3ccc([N+](=O)[O-])cc3Br)o2)Sc2ccccc21. The Hall–Kier alpha value is -2.64. The number of thioether (sulfide) groups is 1. The van der Waals surface area contributed by atoms with E-state index in [0.717, 1.165) is 4.90 Å². The van der Waals surface area contributed by atoms with Gasteiger partial charge in [0.25, 0.3) is 5.69 Å². The van der Waals surface area contributed by atoms with Crippen LogP contribution in [0.4, 0.5) is 5.69 Å². The molecular weight excluding hydrogens is 418 g/mol. The van der Waals surface area contributed by atoms with E-state index >= 15 is 0 Å². The van der Waals surface area contributed by atoms with Crippen LogP contribution in [0.5, 0.6) is 0 Å². The van der Waals surface area contributed by atoms with Gasteiger partial charge in [-0.05, 0) is 52.3 Å². The number of halogens is 1. The number of nitrogens with zero attached hydrogens (tertiary/aromatic N) is 1. The standard InChI is InChI=1S/C19H10BrNO4S/c20-15-9-11(21(23)24)5-7-13(15)16-8-6-12(25-16)10-18-19(22)14-3-1-2-4-17(14)26-18/h1-10H/b18-10+. The third kappa shape index (κ3) is 3.00. The predicted octanol–water partition coefficient (Wildman–Crippen LogP) is 5.95. The first-order valence-corrected chi connectivity index (χ1v) is 9.21. The lowest BCUT2D eigenvalue weighted by atomic mass is 10.1. The maximum atomic E-state index is 12.4. The number of nitro groups is 1. The molecule has 4 rings (SSSR count). The fourth-order valence-corrected chi connectivity index (χ4v) is 4.25. The van der Waals surface area contributed by atoms with Crippen molar-refractivity contribution in [2.75, 3.05) is 0 Å². The number of rotatable bonds is 3. The largest absolute Gasteiger partial charge is 0.457 e. The van der Waals surface area contributed by atoms with Crippen molar-refractivity contribution < 1.29 is 14.1 Å². The fraction of sp³-hybridized carbons (Fsp3) is 0. The maximum absolute atomic E-state index is 12.4. The van der Waals surface area contributed by atoms with Gasteiger partial charge in [-0.25, -0.2) is 0 Å². The number of ketones is 1. The summed E-state index contributed by atoms with van der Waals surface area (Å²) < 4.78 is 6.39. The van der Waals surface area contributed by atoms with Gasteiger partial charge < -0.3 is 4.42 Å². The van der Waals surface area contributed by atoms with Gasteiger partial charge in [-0.3, -0.25) is 14.9 Å². The molecule has 5 nitrogen and oxygen atoms in total. The third-order valence-corrected chi connectivity index (χ3v) is 5.66. The molecular formula is C19H10BrNO4S. The van der Waals surface area contributed by atoms with E-state index in [4.69, 9.17) is 4.42 Å². The van der Waals surface area contributed by atoms with Crippen molar-refractivity contribution >= 4 is 45.2 Å². The molecule has 1 aliphatic rings. The van der Waals surface area contributed by atoms with E-state index in [-0.39, 0.29) is 11.5 Å². The number of hydrogen-bond donors (Lipinski definition) is 0. The minimum absolute atomic E-state index is 0.000222. The first-order valence-electron chi connectivity index (χ1n) is 7.60. The van der Waals surface area contributed by atoms with E-state index in [1.165, 1.54) is 23.9 Å². The molecule has 2 aromatic carbocycles. The van der Waals surface area contributed by atoms with E-state index in [1.54, 1.807) is 24.3 Å². The van der Waals surface area contributed by atoms with Crippen LogP contribution in [0.1, 0.15) is 16.1 Å². The smallest absolute Gasteiger partial charge is 0.270 e. The summed E-state index contributed by atoms with van der Waals surface area (Å²) in [6, 6.07) is 15.5. The van der Waals surface area contributed by atoms with Crippen LogP contribution in [0.3, 0.4) is 0 Å². The summed E-state index contributed by atoms with van der Waals surface area (Å²) in [5.74, 6) is 1.10. The molecule has 26 heavy (non-hydrogen) atoms. The first-order chi connectivity index (χ1) is 12.5. The molecule has 0 fully saturated rings. The van der Waals surface area contributed by atoms with Crippen LogP contribution in [0, 0.1) is 10.1 Å². The first kappa shape index (κ1) is 16.8. The van der Waals surface area contributed by atoms with Gasteiger partial charge in [0.2, 0.25) is 5.78 Å². The Kier molecular flexibility index (Phi) is 4.26. The topological polar surface area (TPSA) is 73.3 Å². The van der Waals surface area contributed by atoms with E-state index in [9.17, 15) is 14.9 Å². The quantitative estimate of drug-likeness (QED) is 0.293. The fourth-order valence-electron chi connectivity index (χ4n) is 2.66. The summed E-state index contributed by atoms with van der Waals surface area (Å²) >= 11 is 4.76. The molecule has 0 bridgehead atoms. The zero-order chi connectivity index (χ0) is 18.3. The molecule has 1 aromatic heterocycles. The number of allylic oxidation sites excluding steroid dienone is 1. The third-order valence-electron chi connectivity index (χ3n) is 3.90. The van der Waals surface area contributed by atoms with Gasteiger partial charge in [-0.2, -0.15) is 0 Å². The van der Waals surface area contributed by atoms with Crippen molar-refractivity contribution in [3.8, 4) is 11.3 Å². The number of fused-ring (bicyclic) bond motifs is 1. The van der Waals surface area contributed by atoms with Crippen LogP contribution in [0.2, 0.25) is 0 Å². The highest BCUT2D eigenvalue weighted by molar-refractivity contribution is 9.10. The van der Waals surface area contributed by atoms with Gasteiger partial charge in [0.1, 0.15) is 11.5 Å². The van der Waals surface area contributed by atoms with Crippen LogP contribution >= 0.6 is 27.7 Å². The van der Waals surface area contributed by atoms with Crippen LogP contribution in [0.15, 0.2) is 73.3 Å². The Morgan fingerprint density at radius 2 is 1.88 bits per heavy atom. The predicted molar refractivity (Wildman–Crippen MR) is 103 cm³/mol. The average Bonchev–Trinajstić information content (AvgIpc) is 3.21. The van der Waals surface area contributed by atoms with Gasteiger partial charge in [-0.15, -0.1) is 0 Å². The molecule has 0 atom stereocenters. The number of benzene rings is 2. The Balaban J connectivity index is 1.64. The zero-order valence-electron chi connectivity index (χ0n) is 13.1. The lowest BCUT2D eigenvalue weighted by molar-refractivity contribution is -0.384. The molecule has 128 valence electrons. The van der Waals surface area contributed by atoms with Crippen LogP contribution in [-0.2, 0) is 0 Å². The zero-order valence-corrected chi connectivity index (χ0v) is 15.5. The molecule has 0 unspecified atom stereocenters. The summed E-state index contributed by atoms with van der Waals surface area (Å²) in [5.41, 5.74) is 1.41. The van der Waals surface area contributed by atoms with Gasteiger partial charge in [0.05, 0.1) is 9.83 Å². The van der Waals surface area contributed by atoms with Crippen LogP contribution < -0.4 is 0 Å². The molecule has 0 N–H and O–H groups in total. The average molecular weight is 428 g/mol. The monoisotopic (exact) mass is 427 g/mol. The summed E-state index contributed by atoms with van der Waals surface area (Å²) in [7, 11) is 0. The Labute approximate surface area is 161 Å². The lowest BCUT2D eigenvalue weighted by Gasteiger charge is -2.01. The molecule has 3 aromatic rings. The minimum atomic E-state index is -0.451. The van der Waals surface area contributed by atoms with Crippen molar-refractivity contribution in [3.63, 3.8) is 0 Å². The maximum Gasteiger partial charge on any atom is 0.270 e. The van der Waals surface area contributed by atoms with E-state index in [1.807, 2.05) is 24.3 Å². The Morgan fingerprint density at radius 1 is 1.08 bits per heavy atom. The van der Waals surface area contributed by atoms with Crippen molar-refractivity contribution in [1.82, 2.24) is 0 Å². The highest BCUT2D eigenvalue weighted by Gasteiger charge is 2.25. The van der Waals surface area contributed by atoms with Crippen LogP contribution in [0.25, 0.3) is 17.4 Å². The Bertz CT molecular complexity index is 1090. The summed E-state index contributed by atoms with van der Waals surface area (Å²) in [6.45, 7) is 0. The van der Waals surface area contributed by atoms with Gasteiger partial charge in [0, 0.05) is 32.6 Å². The summed E-state index contributed by atoms with van der Waals surface area (Å²) in [6.07, 6.45) is 1.72. The Morgan fingerprint density at radius 3 is 2.62 bits per heavy atom. The number of carbonyl (C=O) groups excluding carboxylic acids is 1. The number of furan rings is 1. The second-order valence-electron chi connectivity index (χ2n) is 5.56. The number of nitro benzene ring substituents is 1. The molecule has 0 saturated heterocycles. The number of carbonyl (C=O) groups is 1. The van der Waals surface area contributed by atoms with Crippen molar-refractivity contribution in [1.29, 1.82) is 0 Å². The summed E-state index contributed by atoms with van der Waals surface area (Å²) in [5, 5.41) is 10.8. The van der Waals surface area contributed by atoms with E-state index in [2.05, 4.69) is 15.9 Å². The molecule has 7 heteroatoms. The van der Waals surface area contributed by atoms with E-state index < -0.39 is 4.92 Å². The molecule has 0 spiro atoms. The van der Waals surface area contributed by atoms with Crippen molar-refractivity contribution in [3.05, 3.63) is 85.4 Å². The molecule has 0 radical (unpaired) electrons. The molecule has 0 amide bonds. The lowest BCUT2D eigenvalue weighted by Crippen LogP contribution is -1.93. The highest BCUT2D eigenvalue weighted by Crippen LogP contribution is 2.41. The number of hydrogen-bond acceptors (Lipinski definition) is 5. The van der Waals surface area contributed by atoms with Crippen LogP contribution in [-0.4, -0.2) is 10.7 Å². The van der Waals surface area contributed by atoms with Gasteiger partial charge in [0.15, 0.2) is 0 Å². The normalized spacial score (nSPS) is 14.7. The second kappa shape index (κ2) is 6.59. The van der Waals surface area contributed by atoms with Gasteiger partial charge in [-0.1, -0.05) is 23.9 Å². The molecule has 0 saturated carbocycles. The minimum Gasteiger partial charge on any atom is -0.457 e. The summed E-state index contributed by atoms with van der Waals surface area (Å²) in [4.78, 5) is 24.4. The highest BCUT2D eigenvalue weighted by atomic mass is 79.9. The van der Waals surface area contributed by atoms with E-state index in [0.29, 0.717) is 32.0 Å². The molecule has 2 heterocycles. The number of non-ortho nitro benzene ring substituents is 1. The van der Waals surface area contributed by atoms with Gasteiger partial charge >= 0.3 is 0 Å². The second-order valence-corrected chi connectivity index (χ2v) is 7.50. The van der Waals surface area contributed by atoms with Crippen molar-refractivity contribution in [2.24, 2.45) is 0 Å².